The fourth-order valence-electron chi connectivity index (χ4n) is 1.72. The molecule has 0 aliphatic carbocycles. The number of aromatic nitrogens is 2. The minimum absolute atomic E-state index is 0.206. The molecule has 118 valence electrons. The minimum atomic E-state index is -1.53. The lowest BCUT2D eigenvalue weighted by Gasteiger charge is -2.09. The molecule has 5 nitrogen and oxygen atoms in total. The molecule has 8 heteroatoms. The van der Waals surface area contributed by atoms with Crippen LogP contribution in [-0.4, -0.2) is 30.2 Å². The molecule has 0 aliphatic heterocycles. The lowest BCUT2D eigenvalue weighted by Crippen LogP contribution is -2.07. The predicted molar refractivity (Wildman–Crippen MR) is 76.6 cm³/mol. The quantitative estimate of drug-likeness (QED) is 0.608. The third-order valence-electron chi connectivity index (χ3n) is 2.80. The second-order valence-electron chi connectivity index (χ2n) is 4.41. The molecule has 2 aromatic rings. The average molecular weight is 312 g/mol. The highest BCUT2D eigenvalue weighted by Crippen LogP contribution is 2.23. The Kier molecular flexibility index (Phi) is 5.54. The number of anilines is 3. The summed E-state index contributed by atoms with van der Waals surface area (Å²) in [4.78, 5) is 7.90. The van der Waals surface area contributed by atoms with Crippen LogP contribution in [0.25, 0.3) is 0 Å². The molecular formula is C14H15F3N4O. The van der Waals surface area contributed by atoms with Crippen LogP contribution in [0.1, 0.15) is 6.42 Å². The standard InChI is InChI=1S/C14H15F3N4O/c1-22-6-2-5-18-11-7-12(20-8-19-11)21-10-4-3-9(15)13(16)14(10)17/h3-4,7-8H,2,5-6H2,1H3,(H2,18,19,20,21). The van der Waals surface area contributed by atoms with Crippen molar-refractivity contribution in [3.8, 4) is 0 Å². The summed E-state index contributed by atoms with van der Waals surface area (Å²) < 4.78 is 44.6. The second-order valence-corrected chi connectivity index (χ2v) is 4.41. The summed E-state index contributed by atoms with van der Waals surface area (Å²) in [6.07, 6.45) is 2.07. The molecule has 0 saturated carbocycles. The number of rotatable bonds is 7. The van der Waals surface area contributed by atoms with Crippen LogP contribution in [-0.2, 0) is 4.74 Å². The highest BCUT2D eigenvalue weighted by Gasteiger charge is 2.13. The zero-order valence-electron chi connectivity index (χ0n) is 11.9. The van der Waals surface area contributed by atoms with Crippen LogP contribution in [0.3, 0.4) is 0 Å². The van der Waals surface area contributed by atoms with E-state index in [-0.39, 0.29) is 11.5 Å². The van der Waals surface area contributed by atoms with Gasteiger partial charge >= 0.3 is 0 Å². The van der Waals surface area contributed by atoms with E-state index in [9.17, 15) is 13.2 Å². The minimum Gasteiger partial charge on any atom is -0.385 e. The normalized spacial score (nSPS) is 10.5. The van der Waals surface area contributed by atoms with Crippen molar-refractivity contribution in [1.29, 1.82) is 0 Å². The number of benzene rings is 1. The van der Waals surface area contributed by atoms with Crippen molar-refractivity contribution in [2.45, 2.75) is 6.42 Å². The van der Waals surface area contributed by atoms with Gasteiger partial charge in [0.15, 0.2) is 17.5 Å². The lowest BCUT2D eigenvalue weighted by atomic mass is 10.3. The molecule has 1 aromatic heterocycles. The molecule has 2 N–H and O–H groups in total. The number of hydrogen-bond acceptors (Lipinski definition) is 5. The summed E-state index contributed by atoms with van der Waals surface area (Å²) in [6.45, 7) is 1.26. The first-order valence-electron chi connectivity index (χ1n) is 6.57. The topological polar surface area (TPSA) is 59.1 Å². The van der Waals surface area contributed by atoms with E-state index in [0.717, 1.165) is 18.6 Å². The molecule has 0 spiro atoms. The summed E-state index contributed by atoms with van der Waals surface area (Å²) in [5.74, 6) is -3.29. The van der Waals surface area contributed by atoms with Gasteiger partial charge < -0.3 is 15.4 Å². The van der Waals surface area contributed by atoms with Gasteiger partial charge in [-0.05, 0) is 18.6 Å². The number of methoxy groups -OCH3 is 1. The van der Waals surface area contributed by atoms with Gasteiger partial charge in [0, 0.05) is 26.3 Å². The van der Waals surface area contributed by atoms with Crippen LogP contribution in [0.4, 0.5) is 30.5 Å². The van der Waals surface area contributed by atoms with Crippen LogP contribution in [0, 0.1) is 17.5 Å². The number of nitrogens with zero attached hydrogens (tertiary/aromatic N) is 2. The number of ether oxygens (including phenoxy) is 1. The fourth-order valence-corrected chi connectivity index (χ4v) is 1.72. The maximum absolute atomic E-state index is 13.6. The van der Waals surface area contributed by atoms with Crippen molar-refractivity contribution in [3.05, 3.63) is 42.0 Å². The first-order chi connectivity index (χ1) is 10.6. The van der Waals surface area contributed by atoms with Gasteiger partial charge in [-0.2, -0.15) is 0 Å². The molecule has 0 amide bonds. The summed E-state index contributed by atoms with van der Waals surface area (Å²) in [5.41, 5.74) is -0.206. The molecule has 0 fully saturated rings. The Balaban J connectivity index is 2.06. The van der Waals surface area contributed by atoms with E-state index in [0.29, 0.717) is 19.0 Å². The molecule has 0 aliphatic rings. The van der Waals surface area contributed by atoms with Gasteiger partial charge in [0.2, 0.25) is 0 Å². The molecule has 0 saturated heterocycles. The van der Waals surface area contributed by atoms with Gasteiger partial charge in [-0.1, -0.05) is 0 Å². The van der Waals surface area contributed by atoms with Gasteiger partial charge in [0.1, 0.15) is 18.0 Å². The summed E-state index contributed by atoms with van der Waals surface area (Å²) in [6, 6.07) is 3.47. The SMILES string of the molecule is COCCCNc1cc(Nc2ccc(F)c(F)c2F)ncn1. The first-order valence-corrected chi connectivity index (χ1v) is 6.57. The largest absolute Gasteiger partial charge is 0.385 e. The third-order valence-corrected chi connectivity index (χ3v) is 2.80. The van der Waals surface area contributed by atoms with Gasteiger partial charge in [0.25, 0.3) is 0 Å². The predicted octanol–water partition coefficient (Wildman–Crippen LogP) is 3.09. The average Bonchev–Trinajstić information content (AvgIpc) is 2.53. The van der Waals surface area contributed by atoms with Gasteiger partial charge in [-0.3, -0.25) is 0 Å². The summed E-state index contributed by atoms with van der Waals surface area (Å²) in [5, 5.41) is 5.63. The highest BCUT2D eigenvalue weighted by atomic mass is 19.2. The molecule has 1 aromatic carbocycles. The number of nitrogens with one attached hydrogen (secondary N) is 2. The maximum atomic E-state index is 13.6. The van der Waals surface area contributed by atoms with E-state index in [4.69, 9.17) is 4.74 Å². The Morgan fingerprint density at radius 1 is 1.09 bits per heavy atom. The van der Waals surface area contributed by atoms with E-state index in [1.54, 1.807) is 7.11 Å². The van der Waals surface area contributed by atoms with E-state index in [1.165, 1.54) is 12.4 Å². The monoisotopic (exact) mass is 312 g/mol. The van der Waals surface area contributed by atoms with Crippen molar-refractivity contribution in [2.75, 3.05) is 30.9 Å². The van der Waals surface area contributed by atoms with Crippen LogP contribution in [0.15, 0.2) is 24.5 Å². The van der Waals surface area contributed by atoms with Crippen LogP contribution < -0.4 is 10.6 Å². The van der Waals surface area contributed by atoms with Crippen molar-refractivity contribution in [1.82, 2.24) is 9.97 Å². The molecule has 0 unspecified atom stereocenters. The van der Waals surface area contributed by atoms with Gasteiger partial charge in [-0.25, -0.2) is 23.1 Å². The van der Waals surface area contributed by atoms with Crippen molar-refractivity contribution >= 4 is 17.3 Å². The smallest absolute Gasteiger partial charge is 0.196 e. The zero-order valence-corrected chi connectivity index (χ0v) is 11.9. The Morgan fingerprint density at radius 2 is 1.86 bits per heavy atom. The second kappa shape index (κ2) is 7.60. The first kappa shape index (κ1) is 16.0. The van der Waals surface area contributed by atoms with Crippen LogP contribution >= 0.6 is 0 Å². The highest BCUT2D eigenvalue weighted by molar-refractivity contribution is 5.59. The van der Waals surface area contributed by atoms with Crippen molar-refractivity contribution in [2.24, 2.45) is 0 Å². The zero-order chi connectivity index (χ0) is 15.9. The third kappa shape index (κ3) is 4.08. The van der Waals surface area contributed by atoms with E-state index >= 15 is 0 Å². The molecule has 22 heavy (non-hydrogen) atoms. The molecular weight excluding hydrogens is 297 g/mol. The lowest BCUT2D eigenvalue weighted by molar-refractivity contribution is 0.198. The Bertz CT molecular complexity index is 639. The molecule has 0 atom stereocenters. The van der Waals surface area contributed by atoms with E-state index in [2.05, 4.69) is 20.6 Å². The molecule has 1 heterocycles. The van der Waals surface area contributed by atoms with Gasteiger partial charge in [0.05, 0.1) is 5.69 Å². The summed E-state index contributed by atoms with van der Waals surface area (Å²) >= 11 is 0. The van der Waals surface area contributed by atoms with Crippen molar-refractivity contribution in [3.63, 3.8) is 0 Å². The molecule has 0 radical (unpaired) electrons. The van der Waals surface area contributed by atoms with Gasteiger partial charge in [-0.15, -0.1) is 0 Å². The van der Waals surface area contributed by atoms with E-state index in [1.807, 2.05) is 0 Å². The maximum Gasteiger partial charge on any atom is 0.196 e. The van der Waals surface area contributed by atoms with Crippen molar-refractivity contribution < 1.29 is 17.9 Å². The summed E-state index contributed by atoms with van der Waals surface area (Å²) in [7, 11) is 1.61. The van der Waals surface area contributed by atoms with Crippen LogP contribution in [0.2, 0.25) is 0 Å². The fraction of sp³-hybridized carbons (Fsp3) is 0.286. The Morgan fingerprint density at radius 3 is 2.64 bits per heavy atom. The van der Waals surface area contributed by atoms with Crippen LogP contribution in [0.5, 0.6) is 0 Å². The Labute approximate surface area is 125 Å². The molecule has 0 bridgehead atoms. The Hall–Kier alpha value is -2.35. The number of halogens is 3. The number of hydrogen-bond donors (Lipinski definition) is 2. The van der Waals surface area contributed by atoms with E-state index < -0.39 is 17.5 Å². The molecule has 2 rings (SSSR count).